The van der Waals surface area contributed by atoms with Crippen LogP contribution in [0.3, 0.4) is 0 Å². The second kappa shape index (κ2) is 5.51. The minimum absolute atomic E-state index is 0. The smallest absolute Gasteiger partial charge is 0.240 e. The lowest BCUT2D eigenvalue weighted by molar-refractivity contribution is -0.124. The van der Waals surface area contributed by atoms with Crippen molar-refractivity contribution < 1.29 is 4.79 Å². The molecule has 1 aromatic carbocycles. The van der Waals surface area contributed by atoms with E-state index in [2.05, 4.69) is 29.6 Å². The van der Waals surface area contributed by atoms with E-state index in [1.54, 1.807) is 0 Å². The van der Waals surface area contributed by atoms with E-state index in [-0.39, 0.29) is 24.4 Å². The highest BCUT2D eigenvalue weighted by atomic mass is 35.5. The number of hydrogen-bond acceptors (Lipinski definition) is 2. The molecule has 0 aromatic heterocycles. The zero-order valence-corrected chi connectivity index (χ0v) is 11.8. The maximum Gasteiger partial charge on any atom is 0.240 e. The first kappa shape index (κ1) is 14.4. The molecule has 2 aliphatic rings. The summed E-state index contributed by atoms with van der Waals surface area (Å²) in [6.07, 6.45) is 5.08. The Morgan fingerprint density at radius 1 is 1.21 bits per heavy atom. The molecule has 3 rings (SSSR count). The van der Waals surface area contributed by atoms with Crippen LogP contribution >= 0.6 is 12.4 Å². The molecule has 0 bridgehead atoms. The Labute approximate surface area is 120 Å². The maximum atomic E-state index is 12.0. The Bertz CT molecular complexity index is 445. The average molecular weight is 281 g/mol. The van der Waals surface area contributed by atoms with Gasteiger partial charge in [-0.15, -0.1) is 12.4 Å². The number of carbonyl (C=O) groups is 1. The predicted octanol–water partition coefficient (Wildman–Crippen LogP) is 2.35. The normalized spacial score (nSPS) is 27.4. The Balaban J connectivity index is 0.00000133. The van der Waals surface area contributed by atoms with Crippen molar-refractivity contribution >= 4 is 18.3 Å². The Morgan fingerprint density at radius 2 is 1.89 bits per heavy atom. The van der Waals surface area contributed by atoms with Crippen molar-refractivity contribution in [2.24, 2.45) is 5.73 Å². The van der Waals surface area contributed by atoms with Crippen molar-refractivity contribution in [2.75, 3.05) is 0 Å². The Kier molecular flexibility index (Phi) is 4.16. The molecule has 2 saturated carbocycles. The number of amides is 1. The van der Waals surface area contributed by atoms with E-state index in [0.29, 0.717) is 5.92 Å². The molecule has 0 heterocycles. The van der Waals surface area contributed by atoms with Gasteiger partial charge >= 0.3 is 0 Å². The quantitative estimate of drug-likeness (QED) is 0.893. The van der Waals surface area contributed by atoms with Gasteiger partial charge in [-0.25, -0.2) is 0 Å². The molecule has 3 N–H and O–H groups in total. The van der Waals surface area contributed by atoms with Crippen molar-refractivity contribution in [3.8, 4) is 0 Å². The molecule has 0 radical (unpaired) electrons. The number of nitrogens with two attached hydrogens (primary N) is 1. The van der Waals surface area contributed by atoms with E-state index in [1.807, 2.05) is 6.07 Å². The lowest BCUT2D eigenvalue weighted by Gasteiger charge is -2.23. The van der Waals surface area contributed by atoms with Crippen LogP contribution in [0.5, 0.6) is 0 Å². The van der Waals surface area contributed by atoms with E-state index in [1.165, 1.54) is 12.0 Å². The topological polar surface area (TPSA) is 55.1 Å². The van der Waals surface area contributed by atoms with E-state index >= 15 is 0 Å². The molecule has 0 aliphatic heterocycles. The fraction of sp³-hybridized carbons (Fsp3) is 0.533. The molecule has 3 nitrogen and oxygen atoms in total. The summed E-state index contributed by atoms with van der Waals surface area (Å²) in [5.74, 6) is 0.507. The van der Waals surface area contributed by atoms with Crippen molar-refractivity contribution in [1.82, 2.24) is 5.32 Å². The Hall–Kier alpha value is -1.06. The molecule has 2 atom stereocenters. The first-order valence-corrected chi connectivity index (χ1v) is 6.84. The summed E-state index contributed by atoms with van der Waals surface area (Å²) in [5.41, 5.74) is 6.72. The van der Waals surface area contributed by atoms with E-state index in [9.17, 15) is 4.79 Å². The second-order valence-corrected chi connectivity index (χ2v) is 5.68. The largest absolute Gasteiger partial charge is 0.351 e. The average Bonchev–Trinajstić information content (AvgIpc) is 2.99. The lowest BCUT2D eigenvalue weighted by atomic mass is 9.94. The van der Waals surface area contributed by atoms with Crippen LogP contribution in [0.4, 0.5) is 0 Å². The van der Waals surface area contributed by atoms with Gasteiger partial charge in [-0.3, -0.25) is 4.79 Å². The Morgan fingerprint density at radius 3 is 2.53 bits per heavy atom. The molecular formula is C15H21ClN2O. The summed E-state index contributed by atoms with van der Waals surface area (Å²) in [4.78, 5) is 12.0. The fourth-order valence-corrected chi connectivity index (χ4v) is 2.91. The number of rotatable bonds is 3. The third-order valence-corrected chi connectivity index (χ3v) is 4.30. The van der Waals surface area contributed by atoms with Crippen molar-refractivity contribution in [3.63, 3.8) is 0 Å². The van der Waals surface area contributed by atoms with Gasteiger partial charge in [-0.05, 0) is 31.2 Å². The number of benzene rings is 1. The van der Waals surface area contributed by atoms with Gasteiger partial charge in [0.15, 0.2) is 0 Å². The highest BCUT2D eigenvalue weighted by Crippen LogP contribution is 2.37. The van der Waals surface area contributed by atoms with E-state index in [4.69, 9.17) is 5.73 Å². The van der Waals surface area contributed by atoms with Gasteiger partial charge in [-0.2, -0.15) is 0 Å². The third kappa shape index (κ3) is 2.93. The molecule has 1 aromatic rings. The minimum atomic E-state index is -0.552. The lowest BCUT2D eigenvalue weighted by Crippen LogP contribution is -2.47. The van der Waals surface area contributed by atoms with E-state index in [0.717, 1.165) is 25.7 Å². The summed E-state index contributed by atoms with van der Waals surface area (Å²) in [7, 11) is 0. The number of halogens is 1. The van der Waals surface area contributed by atoms with Gasteiger partial charge in [-0.1, -0.05) is 36.8 Å². The summed E-state index contributed by atoms with van der Waals surface area (Å²) < 4.78 is 0. The predicted molar refractivity (Wildman–Crippen MR) is 78.4 cm³/mol. The van der Waals surface area contributed by atoms with Gasteiger partial charge in [0, 0.05) is 12.0 Å². The SMILES string of the molecule is Cl.NC1(C(=O)NC2CCCC2c2ccccc2)CC1. The molecule has 2 fully saturated rings. The molecule has 0 saturated heterocycles. The van der Waals surface area contributed by atoms with Crippen LogP contribution in [0.25, 0.3) is 0 Å². The standard InChI is InChI=1S/C15H20N2O.ClH/c16-15(9-10-15)14(18)17-13-8-4-7-12(13)11-5-2-1-3-6-11;/h1-3,5-6,12-13H,4,7-10,16H2,(H,17,18);1H. The van der Waals surface area contributed by atoms with Crippen molar-refractivity contribution in [2.45, 2.75) is 49.6 Å². The first-order valence-electron chi connectivity index (χ1n) is 6.84. The van der Waals surface area contributed by atoms with Crippen LogP contribution < -0.4 is 11.1 Å². The molecule has 4 heteroatoms. The van der Waals surface area contributed by atoms with Crippen LogP contribution in [-0.2, 0) is 4.79 Å². The van der Waals surface area contributed by atoms with Gasteiger partial charge in [0.05, 0.1) is 5.54 Å². The molecular weight excluding hydrogens is 260 g/mol. The highest BCUT2D eigenvalue weighted by molar-refractivity contribution is 5.89. The highest BCUT2D eigenvalue weighted by Gasteiger charge is 2.47. The summed E-state index contributed by atoms with van der Waals surface area (Å²) >= 11 is 0. The summed E-state index contributed by atoms with van der Waals surface area (Å²) in [6, 6.07) is 10.7. The van der Waals surface area contributed by atoms with Gasteiger partial charge in [0.25, 0.3) is 0 Å². The van der Waals surface area contributed by atoms with E-state index < -0.39 is 5.54 Å². The molecule has 2 aliphatic carbocycles. The van der Waals surface area contributed by atoms with Crippen molar-refractivity contribution in [1.29, 1.82) is 0 Å². The summed E-state index contributed by atoms with van der Waals surface area (Å²) in [6.45, 7) is 0. The molecule has 2 unspecified atom stereocenters. The molecule has 19 heavy (non-hydrogen) atoms. The van der Waals surface area contributed by atoms with Gasteiger partial charge in [0.2, 0.25) is 5.91 Å². The molecule has 104 valence electrons. The monoisotopic (exact) mass is 280 g/mol. The van der Waals surface area contributed by atoms with Gasteiger partial charge < -0.3 is 11.1 Å². The van der Waals surface area contributed by atoms with Crippen LogP contribution in [0, 0.1) is 0 Å². The summed E-state index contributed by atoms with van der Waals surface area (Å²) in [5, 5.41) is 3.17. The van der Waals surface area contributed by atoms with Crippen LogP contribution in [-0.4, -0.2) is 17.5 Å². The van der Waals surface area contributed by atoms with Gasteiger partial charge in [0.1, 0.15) is 0 Å². The first-order chi connectivity index (χ1) is 8.69. The second-order valence-electron chi connectivity index (χ2n) is 5.68. The van der Waals surface area contributed by atoms with Crippen LogP contribution in [0.2, 0.25) is 0 Å². The number of nitrogens with one attached hydrogen (secondary N) is 1. The van der Waals surface area contributed by atoms with Crippen molar-refractivity contribution in [3.05, 3.63) is 35.9 Å². The number of carbonyl (C=O) groups excluding carboxylic acids is 1. The fourth-order valence-electron chi connectivity index (χ4n) is 2.91. The zero-order chi connectivity index (χ0) is 12.6. The minimum Gasteiger partial charge on any atom is -0.351 e. The van der Waals surface area contributed by atoms with Crippen LogP contribution in [0.15, 0.2) is 30.3 Å². The number of hydrogen-bond donors (Lipinski definition) is 2. The third-order valence-electron chi connectivity index (χ3n) is 4.30. The van der Waals surface area contributed by atoms with Crippen LogP contribution in [0.1, 0.15) is 43.6 Å². The maximum absolute atomic E-state index is 12.0. The molecule has 1 amide bonds. The molecule has 0 spiro atoms. The zero-order valence-electron chi connectivity index (χ0n) is 11.0.